The summed E-state index contributed by atoms with van der Waals surface area (Å²) in [5.41, 5.74) is 0.479. The van der Waals surface area contributed by atoms with Gasteiger partial charge in [0.25, 0.3) is 0 Å². The van der Waals surface area contributed by atoms with Crippen molar-refractivity contribution in [3.8, 4) is 5.75 Å². The Hall–Kier alpha value is -0.520. The van der Waals surface area contributed by atoms with Gasteiger partial charge >= 0.3 is 0 Å². The van der Waals surface area contributed by atoms with Crippen LogP contribution >= 0.6 is 27.5 Å². The van der Waals surface area contributed by atoms with Crippen LogP contribution in [-0.2, 0) is 0 Å². The zero-order valence-corrected chi connectivity index (χ0v) is 11.0. The molecule has 0 heterocycles. The molecule has 2 N–H and O–H groups in total. The molecular weight excluding hydrogens is 300 g/mol. The summed E-state index contributed by atoms with van der Waals surface area (Å²) in [6, 6.07) is 2.81. The number of ether oxygens (including phenoxy) is 1. The van der Waals surface area contributed by atoms with Crippen LogP contribution in [0, 0.1) is 5.82 Å². The molecule has 16 heavy (non-hydrogen) atoms. The first-order valence-electron chi connectivity index (χ1n) is 4.59. The van der Waals surface area contributed by atoms with Crippen LogP contribution in [-0.4, -0.2) is 30.7 Å². The monoisotopic (exact) mass is 311 g/mol. The minimum atomic E-state index is -0.682. The SMILES string of the molecule is COc1cc(Br)c(F)cc1NCC(O)CCl. The zero-order valence-electron chi connectivity index (χ0n) is 8.64. The van der Waals surface area contributed by atoms with E-state index in [1.807, 2.05) is 0 Å². The second-order valence-electron chi connectivity index (χ2n) is 3.16. The summed E-state index contributed by atoms with van der Waals surface area (Å²) < 4.78 is 18.7. The fourth-order valence-electron chi connectivity index (χ4n) is 1.12. The van der Waals surface area contributed by atoms with Crippen molar-refractivity contribution in [3.05, 3.63) is 22.4 Å². The molecule has 1 unspecified atom stereocenters. The van der Waals surface area contributed by atoms with Crippen molar-refractivity contribution in [2.24, 2.45) is 0 Å². The molecule has 0 saturated carbocycles. The largest absolute Gasteiger partial charge is 0.495 e. The van der Waals surface area contributed by atoms with Crippen LogP contribution < -0.4 is 10.1 Å². The lowest BCUT2D eigenvalue weighted by molar-refractivity contribution is 0.211. The van der Waals surface area contributed by atoms with Crippen molar-refractivity contribution in [2.45, 2.75) is 6.10 Å². The van der Waals surface area contributed by atoms with E-state index in [9.17, 15) is 9.50 Å². The Morgan fingerprint density at radius 2 is 2.31 bits per heavy atom. The third-order valence-corrected chi connectivity index (χ3v) is 2.91. The standard InChI is InChI=1S/C10H12BrClFNO2/c1-16-10-2-7(11)8(13)3-9(10)14-5-6(15)4-12/h2-3,6,14-15H,4-5H2,1H3. The molecule has 90 valence electrons. The Labute approximate surface area is 107 Å². The number of benzene rings is 1. The number of hydrogen-bond acceptors (Lipinski definition) is 3. The highest BCUT2D eigenvalue weighted by Crippen LogP contribution is 2.30. The number of halogens is 3. The van der Waals surface area contributed by atoms with Gasteiger partial charge in [-0.05, 0) is 22.0 Å². The van der Waals surface area contributed by atoms with Gasteiger partial charge in [-0.25, -0.2) is 4.39 Å². The molecule has 0 fully saturated rings. The highest BCUT2D eigenvalue weighted by molar-refractivity contribution is 9.10. The second-order valence-corrected chi connectivity index (χ2v) is 4.32. The molecule has 0 aliphatic rings. The van der Waals surface area contributed by atoms with Crippen molar-refractivity contribution < 1.29 is 14.2 Å². The Kier molecular flexibility index (Phi) is 5.31. The number of aliphatic hydroxyl groups is 1. The smallest absolute Gasteiger partial charge is 0.143 e. The maximum absolute atomic E-state index is 13.3. The summed E-state index contributed by atoms with van der Waals surface area (Å²) in [5.74, 6) is 0.215. The number of hydrogen-bond donors (Lipinski definition) is 2. The van der Waals surface area contributed by atoms with Crippen LogP contribution in [0.15, 0.2) is 16.6 Å². The molecule has 0 radical (unpaired) electrons. The Balaban J connectivity index is 2.81. The fraction of sp³-hybridized carbons (Fsp3) is 0.400. The topological polar surface area (TPSA) is 41.5 Å². The molecule has 3 nitrogen and oxygen atoms in total. The fourth-order valence-corrected chi connectivity index (χ4v) is 1.55. The molecule has 0 bridgehead atoms. The second kappa shape index (κ2) is 6.27. The minimum absolute atomic E-state index is 0.119. The molecule has 1 aromatic carbocycles. The molecule has 0 aliphatic heterocycles. The van der Waals surface area contributed by atoms with Gasteiger partial charge in [0.2, 0.25) is 0 Å². The van der Waals surface area contributed by atoms with Gasteiger partial charge in [-0.1, -0.05) is 0 Å². The predicted octanol–water partition coefficient (Wildman–Crippen LogP) is 2.61. The van der Waals surface area contributed by atoms with Gasteiger partial charge < -0.3 is 15.2 Å². The van der Waals surface area contributed by atoms with E-state index in [1.54, 1.807) is 0 Å². The zero-order chi connectivity index (χ0) is 12.1. The number of methoxy groups -OCH3 is 1. The Morgan fingerprint density at radius 3 is 2.88 bits per heavy atom. The molecule has 0 aliphatic carbocycles. The third-order valence-electron chi connectivity index (χ3n) is 1.95. The quantitative estimate of drug-likeness (QED) is 0.821. The molecule has 0 saturated heterocycles. The van der Waals surface area contributed by atoms with E-state index in [0.29, 0.717) is 15.9 Å². The van der Waals surface area contributed by atoms with Gasteiger partial charge in [-0.3, -0.25) is 0 Å². The van der Waals surface area contributed by atoms with E-state index in [2.05, 4.69) is 21.2 Å². The highest BCUT2D eigenvalue weighted by Gasteiger charge is 2.10. The van der Waals surface area contributed by atoms with Gasteiger partial charge in [0, 0.05) is 12.6 Å². The first-order valence-corrected chi connectivity index (χ1v) is 5.92. The Morgan fingerprint density at radius 1 is 1.62 bits per heavy atom. The van der Waals surface area contributed by atoms with Crippen LogP contribution in [0.5, 0.6) is 5.75 Å². The van der Waals surface area contributed by atoms with Crippen LogP contribution in [0.25, 0.3) is 0 Å². The van der Waals surface area contributed by atoms with E-state index in [0.717, 1.165) is 0 Å². The van der Waals surface area contributed by atoms with E-state index < -0.39 is 11.9 Å². The molecule has 1 aromatic rings. The number of anilines is 1. The number of alkyl halides is 1. The summed E-state index contributed by atoms with van der Waals surface area (Å²) in [6.07, 6.45) is -0.682. The van der Waals surface area contributed by atoms with E-state index in [4.69, 9.17) is 16.3 Å². The maximum Gasteiger partial charge on any atom is 0.143 e. The minimum Gasteiger partial charge on any atom is -0.495 e. The normalized spacial score (nSPS) is 12.3. The van der Waals surface area contributed by atoms with Crippen molar-refractivity contribution >= 4 is 33.2 Å². The summed E-state index contributed by atoms with van der Waals surface area (Å²) in [7, 11) is 1.49. The average Bonchev–Trinajstić information content (AvgIpc) is 2.29. The van der Waals surface area contributed by atoms with Crippen molar-refractivity contribution in [2.75, 3.05) is 24.9 Å². The predicted molar refractivity (Wildman–Crippen MR) is 65.9 cm³/mol. The first kappa shape index (κ1) is 13.5. The van der Waals surface area contributed by atoms with Gasteiger partial charge in [0.15, 0.2) is 0 Å². The molecule has 0 aromatic heterocycles. The highest BCUT2D eigenvalue weighted by atomic mass is 79.9. The molecular formula is C10H12BrClFNO2. The molecule has 6 heteroatoms. The van der Waals surface area contributed by atoms with Crippen molar-refractivity contribution in [1.82, 2.24) is 0 Å². The van der Waals surface area contributed by atoms with Crippen LogP contribution in [0.4, 0.5) is 10.1 Å². The maximum atomic E-state index is 13.3. The molecule has 1 atom stereocenters. The van der Waals surface area contributed by atoms with E-state index >= 15 is 0 Å². The van der Waals surface area contributed by atoms with Gasteiger partial charge in [-0.2, -0.15) is 0 Å². The third kappa shape index (κ3) is 3.50. The average molecular weight is 313 g/mol. The van der Waals surface area contributed by atoms with Crippen LogP contribution in [0.3, 0.4) is 0 Å². The molecule has 0 spiro atoms. The van der Waals surface area contributed by atoms with Crippen molar-refractivity contribution in [1.29, 1.82) is 0 Å². The Bertz CT molecular complexity index is 365. The lowest BCUT2D eigenvalue weighted by atomic mass is 10.2. The molecule has 1 rings (SSSR count). The lowest BCUT2D eigenvalue weighted by Crippen LogP contribution is -2.21. The number of nitrogens with one attached hydrogen (secondary N) is 1. The van der Waals surface area contributed by atoms with Gasteiger partial charge in [0.05, 0.1) is 29.3 Å². The van der Waals surface area contributed by atoms with E-state index in [1.165, 1.54) is 19.2 Å². The molecule has 0 amide bonds. The summed E-state index contributed by atoms with van der Waals surface area (Å²) in [4.78, 5) is 0. The van der Waals surface area contributed by atoms with Gasteiger partial charge in [-0.15, -0.1) is 11.6 Å². The summed E-state index contributed by atoms with van der Waals surface area (Å²) >= 11 is 8.51. The van der Waals surface area contributed by atoms with E-state index in [-0.39, 0.29) is 12.4 Å². The van der Waals surface area contributed by atoms with Crippen LogP contribution in [0.1, 0.15) is 0 Å². The lowest BCUT2D eigenvalue weighted by Gasteiger charge is -2.14. The summed E-state index contributed by atoms with van der Waals surface area (Å²) in [5, 5.41) is 12.1. The van der Waals surface area contributed by atoms with Crippen LogP contribution in [0.2, 0.25) is 0 Å². The summed E-state index contributed by atoms with van der Waals surface area (Å²) in [6.45, 7) is 0.237. The number of rotatable bonds is 5. The van der Waals surface area contributed by atoms with Crippen molar-refractivity contribution in [3.63, 3.8) is 0 Å². The number of aliphatic hydroxyl groups excluding tert-OH is 1. The van der Waals surface area contributed by atoms with Gasteiger partial charge in [0.1, 0.15) is 11.6 Å². The first-order chi connectivity index (χ1) is 7.58.